The lowest BCUT2D eigenvalue weighted by molar-refractivity contribution is -0.142. The molecule has 1 aliphatic heterocycles. The second-order valence-electron chi connectivity index (χ2n) is 4.34. The molecule has 0 amide bonds. The quantitative estimate of drug-likeness (QED) is 0.577. The lowest BCUT2D eigenvalue weighted by atomic mass is 9.84. The number of hydrogen-bond acceptors (Lipinski definition) is 3. The summed E-state index contributed by atoms with van der Waals surface area (Å²) in [6.45, 7) is 7.26. The van der Waals surface area contributed by atoms with Crippen LogP contribution >= 0.6 is 0 Å². The zero-order valence-corrected chi connectivity index (χ0v) is 8.38. The Labute approximate surface area is 77.8 Å². The van der Waals surface area contributed by atoms with Gasteiger partial charge in [0.05, 0.1) is 0 Å². The van der Waals surface area contributed by atoms with E-state index in [0.717, 1.165) is 0 Å². The molecular weight excluding hydrogens is 168 g/mol. The van der Waals surface area contributed by atoms with Gasteiger partial charge in [-0.05, 0) is 6.92 Å². The zero-order chi connectivity index (χ0) is 10.2. The van der Waals surface area contributed by atoms with Crippen LogP contribution in [0.2, 0.25) is 0 Å². The summed E-state index contributed by atoms with van der Waals surface area (Å²) in [5.41, 5.74) is 0.265. The zero-order valence-electron chi connectivity index (χ0n) is 8.38. The van der Waals surface area contributed by atoms with Gasteiger partial charge in [0, 0.05) is 17.1 Å². The Morgan fingerprint density at radius 1 is 1.46 bits per heavy atom. The molecule has 0 saturated carbocycles. The van der Waals surface area contributed by atoms with Crippen molar-refractivity contribution in [1.29, 1.82) is 0 Å². The lowest BCUT2D eigenvalue weighted by Gasteiger charge is -2.26. The molecule has 0 saturated heterocycles. The van der Waals surface area contributed by atoms with Crippen molar-refractivity contribution < 1.29 is 14.3 Å². The number of cyclic esters (lactones) is 1. The highest BCUT2D eigenvalue weighted by Crippen LogP contribution is 2.32. The van der Waals surface area contributed by atoms with Crippen LogP contribution < -0.4 is 0 Å². The maximum atomic E-state index is 11.1. The summed E-state index contributed by atoms with van der Waals surface area (Å²) in [7, 11) is 0. The number of carbonyl (C=O) groups excluding carboxylic acids is 2. The lowest BCUT2D eigenvalue weighted by Crippen LogP contribution is -2.30. The first kappa shape index (κ1) is 9.96. The fourth-order valence-electron chi connectivity index (χ4n) is 1.35. The molecule has 1 heterocycles. The smallest absolute Gasteiger partial charge is 0.331 e. The number of carbonyl (C=O) groups is 2. The molecule has 1 aliphatic rings. The third kappa shape index (κ3) is 1.97. The van der Waals surface area contributed by atoms with Crippen LogP contribution in [0.1, 0.15) is 27.7 Å². The van der Waals surface area contributed by atoms with Crippen molar-refractivity contribution in [2.45, 2.75) is 33.8 Å². The van der Waals surface area contributed by atoms with Crippen molar-refractivity contribution >= 4 is 11.8 Å². The Balaban J connectivity index is 2.97. The molecule has 13 heavy (non-hydrogen) atoms. The molecule has 0 fully saturated rings. The van der Waals surface area contributed by atoms with Crippen LogP contribution in [-0.2, 0) is 14.3 Å². The van der Waals surface area contributed by atoms with E-state index in [1.54, 1.807) is 0 Å². The van der Waals surface area contributed by atoms with Gasteiger partial charge < -0.3 is 4.74 Å². The van der Waals surface area contributed by atoms with Gasteiger partial charge in [0.25, 0.3) is 0 Å². The number of Topliss-reactive ketones (excluding diaryl/α,β-unsaturated/α-hetero) is 1. The molecule has 0 bridgehead atoms. The monoisotopic (exact) mass is 182 g/mol. The largest absolute Gasteiger partial charge is 0.454 e. The van der Waals surface area contributed by atoms with Crippen LogP contribution in [0.15, 0.2) is 11.6 Å². The van der Waals surface area contributed by atoms with Crippen LogP contribution in [-0.4, -0.2) is 17.9 Å². The van der Waals surface area contributed by atoms with E-state index >= 15 is 0 Å². The maximum absolute atomic E-state index is 11.1. The molecule has 1 rings (SSSR count). The highest BCUT2D eigenvalue weighted by Gasteiger charge is 2.37. The minimum atomic E-state index is -0.412. The number of rotatable bonds is 1. The predicted molar refractivity (Wildman–Crippen MR) is 48.1 cm³/mol. The average Bonchev–Trinajstić information content (AvgIpc) is 2.29. The van der Waals surface area contributed by atoms with E-state index in [-0.39, 0.29) is 11.2 Å². The van der Waals surface area contributed by atoms with Crippen molar-refractivity contribution in [3.8, 4) is 0 Å². The predicted octanol–water partition coefficient (Wildman–Crippen LogP) is 1.47. The molecule has 1 unspecified atom stereocenters. The SMILES string of the molecule is CC(=O)C1=CC(=O)OC1C(C)(C)C. The highest BCUT2D eigenvalue weighted by atomic mass is 16.5. The van der Waals surface area contributed by atoms with Crippen molar-refractivity contribution in [2.24, 2.45) is 5.41 Å². The van der Waals surface area contributed by atoms with Gasteiger partial charge in [0.15, 0.2) is 5.78 Å². The maximum Gasteiger partial charge on any atom is 0.331 e. The van der Waals surface area contributed by atoms with E-state index in [1.165, 1.54) is 13.0 Å². The summed E-state index contributed by atoms with van der Waals surface area (Å²) in [5.74, 6) is -0.504. The highest BCUT2D eigenvalue weighted by molar-refractivity contribution is 6.03. The van der Waals surface area contributed by atoms with E-state index < -0.39 is 12.1 Å². The second kappa shape index (κ2) is 2.98. The van der Waals surface area contributed by atoms with E-state index in [1.807, 2.05) is 20.8 Å². The number of ether oxygens (including phenoxy) is 1. The van der Waals surface area contributed by atoms with Gasteiger partial charge in [-0.3, -0.25) is 4.79 Å². The minimum absolute atomic E-state index is 0.0919. The Morgan fingerprint density at radius 2 is 2.00 bits per heavy atom. The third-order valence-electron chi connectivity index (χ3n) is 1.98. The van der Waals surface area contributed by atoms with Gasteiger partial charge in [0.1, 0.15) is 6.10 Å². The third-order valence-corrected chi connectivity index (χ3v) is 1.98. The topological polar surface area (TPSA) is 43.4 Å². The second-order valence-corrected chi connectivity index (χ2v) is 4.34. The van der Waals surface area contributed by atoms with E-state index in [4.69, 9.17) is 4.74 Å². The normalized spacial score (nSPS) is 22.6. The molecule has 3 nitrogen and oxygen atoms in total. The first-order valence-corrected chi connectivity index (χ1v) is 4.25. The Hall–Kier alpha value is -1.12. The van der Waals surface area contributed by atoms with E-state index in [0.29, 0.717) is 5.57 Å². The Kier molecular flexibility index (Phi) is 2.28. The fourth-order valence-corrected chi connectivity index (χ4v) is 1.35. The van der Waals surface area contributed by atoms with Crippen LogP contribution in [0.25, 0.3) is 0 Å². The van der Waals surface area contributed by atoms with Crippen LogP contribution in [0.3, 0.4) is 0 Å². The van der Waals surface area contributed by atoms with Gasteiger partial charge >= 0.3 is 5.97 Å². The van der Waals surface area contributed by atoms with Crippen LogP contribution in [0.4, 0.5) is 0 Å². The molecule has 0 aromatic rings. The van der Waals surface area contributed by atoms with E-state index in [9.17, 15) is 9.59 Å². The first-order chi connectivity index (χ1) is 5.82. The molecule has 0 spiro atoms. The molecule has 0 radical (unpaired) electrons. The summed E-state index contributed by atoms with van der Waals surface area (Å²) >= 11 is 0. The van der Waals surface area contributed by atoms with E-state index in [2.05, 4.69) is 0 Å². The summed E-state index contributed by atoms with van der Waals surface area (Å²) in [6, 6.07) is 0. The summed E-state index contributed by atoms with van der Waals surface area (Å²) in [6.07, 6.45) is 0.899. The molecule has 0 aromatic heterocycles. The van der Waals surface area contributed by atoms with Gasteiger partial charge in [-0.15, -0.1) is 0 Å². The summed E-state index contributed by atoms with van der Waals surface area (Å²) in [5, 5.41) is 0. The van der Waals surface area contributed by atoms with Crippen molar-refractivity contribution in [3.63, 3.8) is 0 Å². The summed E-state index contributed by atoms with van der Waals surface area (Å²) < 4.78 is 5.05. The Morgan fingerprint density at radius 3 is 2.31 bits per heavy atom. The van der Waals surface area contributed by atoms with Gasteiger partial charge in [-0.1, -0.05) is 20.8 Å². The molecule has 72 valence electrons. The molecule has 0 N–H and O–H groups in total. The minimum Gasteiger partial charge on any atom is -0.454 e. The number of esters is 1. The molecule has 0 aromatic carbocycles. The van der Waals surface area contributed by atoms with Gasteiger partial charge in [0.2, 0.25) is 0 Å². The molecule has 0 aliphatic carbocycles. The summed E-state index contributed by atoms with van der Waals surface area (Å²) in [4.78, 5) is 22.1. The fraction of sp³-hybridized carbons (Fsp3) is 0.600. The number of hydrogen-bond donors (Lipinski definition) is 0. The van der Waals surface area contributed by atoms with Crippen molar-refractivity contribution in [3.05, 3.63) is 11.6 Å². The first-order valence-electron chi connectivity index (χ1n) is 4.25. The Bertz CT molecular complexity index is 281. The molecule has 3 heteroatoms. The molecule has 1 atom stereocenters. The van der Waals surface area contributed by atoms with Gasteiger partial charge in [-0.2, -0.15) is 0 Å². The van der Waals surface area contributed by atoms with Crippen molar-refractivity contribution in [1.82, 2.24) is 0 Å². The van der Waals surface area contributed by atoms with Gasteiger partial charge in [-0.25, -0.2) is 4.79 Å². The van der Waals surface area contributed by atoms with Crippen molar-refractivity contribution in [2.75, 3.05) is 0 Å². The average molecular weight is 182 g/mol. The van der Waals surface area contributed by atoms with Crippen LogP contribution in [0.5, 0.6) is 0 Å². The standard InChI is InChI=1S/C10H14O3/c1-6(11)7-5-8(12)13-9(7)10(2,3)4/h5,9H,1-4H3. The molecular formula is C10H14O3. The number of ketones is 1. The van der Waals surface area contributed by atoms with Crippen LogP contribution in [0, 0.1) is 5.41 Å².